The molecule has 3 aromatic rings. The molecule has 0 atom stereocenters. The number of hydrogen-bond acceptors (Lipinski definition) is 4. The minimum absolute atomic E-state index is 0.00416. The van der Waals surface area contributed by atoms with E-state index in [0.717, 1.165) is 34.7 Å². The van der Waals surface area contributed by atoms with Crippen LogP contribution in [0.3, 0.4) is 0 Å². The van der Waals surface area contributed by atoms with Crippen molar-refractivity contribution >= 4 is 34.1 Å². The maximum absolute atomic E-state index is 12.5. The van der Waals surface area contributed by atoms with Crippen molar-refractivity contribution in [2.75, 3.05) is 37.7 Å². The quantitative estimate of drug-likeness (QED) is 0.735. The summed E-state index contributed by atoms with van der Waals surface area (Å²) in [5.74, 6) is 0.574. The maximum Gasteiger partial charge on any atom is 0.260 e. The zero-order valence-corrected chi connectivity index (χ0v) is 16.0. The third-order valence-corrected chi connectivity index (χ3v) is 5.13. The van der Waals surface area contributed by atoms with E-state index in [1.54, 1.807) is 18.2 Å². The topological polar surface area (TPSA) is 65.6 Å². The molecule has 2 aromatic carbocycles. The maximum atomic E-state index is 12.5. The van der Waals surface area contributed by atoms with Crippen LogP contribution < -0.4 is 15.2 Å². The van der Waals surface area contributed by atoms with Crippen molar-refractivity contribution in [3.63, 3.8) is 0 Å². The van der Waals surface area contributed by atoms with E-state index in [0.29, 0.717) is 18.8 Å². The van der Waals surface area contributed by atoms with Gasteiger partial charge < -0.3 is 19.5 Å². The first kappa shape index (κ1) is 18.4. The largest absolute Gasteiger partial charge is 0.484 e. The predicted octanol–water partition coefficient (Wildman–Crippen LogP) is 2.91. The number of halogens is 1. The van der Waals surface area contributed by atoms with Crippen LogP contribution in [0.2, 0.25) is 5.02 Å². The molecule has 1 fully saturated rings. The Morgan fingerprint density at radius 2 is 1.75 bits per heavy atom. The molecule has 0 unspecified atom stereocenters. The molecule has 1 amide bonds. The molecule has 1 aliphatic heterocycles. The van der Waals surface area contributed by atoms with E-state index in [9.17, 15) is 9.59 Å². The van der Waals surface area contributed by atoms with Crippen LogP contribution in [0, 0.1) is 0 Å². The average molecular weight is 398 g/mol. The number of ether oxygens (including phenoxy) is 1. The number of rotatable bonds is 4. The fraction of sp³-hybridized carbons (Fsp3) is 0.238. The highest BCUT2D eigenvalue weighted by Gasteiger charge is 2.21. The highest BCUT2D eigenvalue weighted by Crippen LogP contribution is 2.20. The molecular formula is C21H20ClN3O3. The molecular weight excluding hydrogens is 378 g/mol. The first-order chi connectivity index (χ1) is 13.6. The third kappa shape index (κ3) is 4.12. The van der Waals surface area contributed by atoms with Crippen LogP contribution >= 0.6 is 11.6 Å². The number of carbonyl (C=O) groups is 1. The summed E-state index contributed by atoms with van der Waals surface area (Å²) in [4.78, 5) is 30.6. The van der Waals surface area contributed by atoms with Crippen molar-refractivity contribution in [3.8, 4) is 5.75 Å². The Balaban J connectivity index is 1.31. The standard InChI is InChI=1S/C21H20ClN3O3/c22-16-2-4-17(5-3-16)24-9-11-25(12-10-24)21(27)14-28-18-6-7-19-15(13-18)1-8-20(26)23-19/h1-8,13H,9-12,14H2,(H,23,26). The van der Waals surface area contributed by atoms with Crippen LogP contribution in [0.5, 0.6) is 5.75 Å². The molecule has 4 rings (SSSR count). The van der Waals surface area contributed by atoms with Gasteiger partial charge in [-0.05, 0) is 48.5 Å². The van der Waals surface area contributed by atoms with E-state index < -0.39 is 0 Å². The first-order valence-electron chi connectivity index (χ1n) is 9.13. The van der Waals surface area contributed by atoms with Gasteiger partial charge in [-0.15, -0.1) is 0 Å². The van der Waals surface area contributed by atoms with Crippen LogP contribution in [0.4, 0.5) is 5.69 Å². The van der Waals surface area contributed by atoms with Crippen molar-refractivity contribution in [2.45, 2.75) is 0 Å². The number of carbonyl (C=O) groups excluding carboxylic acids is 1. The van der Waals surface area contributed by atoms with Gasteiger partial charge in [-0.25, -0.2) is 0 Å². The van der Waals surface area contributed by atoms with Gasteiger partial charge in [-0.2, -0.15) is 0 Å². The normalized spacial score (nSPS) is 14.3. The Kier molecular flexibility index (Phi) is 5.21. The van der Waals surface area contributed by atoms with Crippen LogP contribution in [0.1, 0.15) is 0 Å². The second-order valence-electron chi connectivity index (χ2n) is 6.70. The summed E-state index contributed by atoms with van der Waals surface area (Å²) in [6, 6.07) is 16.3. The van der Waals surface area contributed by atoms with Crippen molar-refractivity contribution in [2.24, 2.45) is 0 Å². The minimum Gasteiger partial charge on any atom is -0.484 e. The number of anilines is 1. The van der Waals surface area contributed by atoms with E-state index in [1.807, 2.05) is 35.2 Å². The van der Waals surface area contributed by atoms with Crippen molar-refractivity contribution < 1.29 is 9.53 Å². The molecule has 1 aromatic heterocycles. The van der Waals surface area contributed by atoms with Gasteiger partial charge in [-0.3, -0.25) is 9.59 Å². The molecule has 1 saturated heterocycles. The van der Waals surface area contributed by atoms with Crippen LogP contribution in [-0.2, 0) is 4.79 Å². The number of pyridine rings is 1. The molecule has 144 valence electrons. The van der Waals surface area contributed by atoms with E-state index in [2.05, 4.69) is 9.88 Å². The molecule has 0 aliphatic carbocycles. The number of hydrogen-bond donors (Lipinski definition) is 1. The summed E-state index contributed by atoms with van der Waals surface area (Å²) in [6.07, 6.45) is 0. The van der Waals surface area contributed by atoms with Gasteiger partial charge in [0.15, 0.2) is 6.61 Å². The first-order valence-corrected chi connectivity index (χ1v) is 9.50. The van der Waals surface area contributed by atoms with E-state index in [4.69, 9.17) is 16.3 Å². The molecule has 6 nitrogen and oxygen atoms in total. The Labute approximate surface area is 167 Å². The summed E-state index contributed by atoms with van der Waals surface area (Å²) in [5, 5.41) is 1.58. The van der Waals surface area contributed by atoms with Crippen LogP contribution in [0.25, 0.3) is 10.9 Å². The summed E-state index contributed by atoms with van der Waals surface area (Å²) < 4.78 is 5.67. The summed E-state index contributed by atoms with van der Waals surface area (Å²) in [5.41, 5.74) is 1.71. The molecule has 28 heavy (non-hydrogen) atoms. The number of piperazine rings is 1. The van der Waals surface area contributed by atoms with Crippen LogP contribution in [0.15, 0.2) is 59.4 Å². The zero-order valence-electron chi connectivity index (χ0n) is 15.2. The van der Waals surface area contributed by atoms with Crippen molar-refractivity contribution in [1.29, 1.82) is 0 Å². The Hall–Kier alpha value is -2.99. The van der Waals surface area contributed by atoms with E-state index in [1.165, 1.54) is 6.07 Å². The number of benzene rings is 2. The smallest absolute Gasteiger partial charge is 0.260 e. The lowest BCUT2D eigenvalue weighted by atomic mass is 10.2. The van der Waals surface area contributed by atoms with Gasteiger partial charge in [0.05, 0.1) is 0 Å². The monoisotopic (exact) mass is 397 g/mol. The lowest BCUT2D eigenvalue weighted by Crippen LogP contribution is -2.50. The van der Waals surface area contributed by atoms with E-state index in [-0.39, 0.29) is 18.1 Å². The fourth-order valence-electron chi connectivity index (χ4n) is 3.32. The fourth-order valence-corrected chi connectivity index (χ4v) is 3.45. The van der Waals surface area contributed by atoms with Crippen LogP contribution in [-0.4, -0.2) is 48.6 Å². The van der Waals surface area contributed by atoms with Gasteiger partial charge in [0.2, 0.25) is 5.56 Å². The van der Waals surface area contributed by atoms with Gasteiger partial charge in [0, 0.05) is 53.9 Å². The second-order valence-corrected chi connectivity index (χ2v) is 7.14. The van der Waals surface area contributed by atoms with Crippen molar-refractivity contribution in [3.05, 3.63) is 70.0 Å². The van der Waals surface area contributed by atoms with Crippen molar-refractivity contribution in [1.82, 2.24) is 9.88 Å². The molecule has 1 N–H and O–H groups in total. The summed E-state index contributed by atoms with van der Waals surface area (Å²) >= 11 is 5.94. The number of fused-ring (bicyclic) bond motifs is 1. The zero-order chi connectivity index (χ0) is 19.5. The number of aromatic nitrogens is 1. The van der Waals surface area contributed by atoms with Gasteiger partial charge in [0.1, 0.15) is 5.75 Å². The molecule has 0 saturated carbocycles. The number of aromatic amines is 1. The second kappa shape index (κ2) is 7.94. The third-order valence-electron chi connectivity index (χ3n) is 4.88. The Bertz CT molecular complexity index is 1040. The lowest BCUT2D eigenvalue weighted by molar-refractivity contribution is -0.133. The summed E-state index contributed by atoms with van der Waals surface area (Å²) in [6.45, 7) is 2.86. The van der Waals surface area contributed by atoms with Gasteiger partial charge in [0.25, 0.3) is 5.91 Å². The SMILES string of the molecule is O=C(COc1ccc2[nH]c(=O)ccc2c1)N1CCN(c2ccc(Cl)cc2)CC1. The van der Waals surface area contributed by atoms with Gasteiger partial charge >= 0.3 is 0 Å². The molecule has 1 aliphatic rings. The number of nitrogens with one attached hydrogen (secondary N) is 1. The summed E-state index contributed by atoms with van der Waals surface area (Å²) in [7, 11) is 0. The Morgan fingerprint density at radius 1 is 1.00 bits per heavy atom. The highest BCUT2D eigenvalue weighted by molar-refractivity contribution is 6.30. The number of nitrogens with zero attached hydrogens (tertiary/aromatic N) is 2. The van der Waals surface area contributed by atoms with Gasteiger partial charge in [-0.1, -0.05) is 11.6 Å². The highest BCUT2D eigenvalue weighted by atomic mass is 35.5. The molecule has 2 heterocycles. The number of H-pyrrole nitrogens is 1. The molecule has 0 spiro atoms. The molecule has 7 heteroatoms. The molecule has 0 radical (unpaired) electrons. The number of amides is 1. The average Bonchev–Trinajstić information content (AvgIpc) is 2.72. The minimum atomic E-state index is -0.144. The van der Waals surface area contributed by atoms with E-state index >= 15 is 0 Å². The Morgan fingerprint density at radius 3 is 2.50 bits per heavy atom. The molecule has 0 bridgehead atoms. The lowest BCUT2D eigenvalue weighted by Gasteiger charge is -2.36. The predicted molar refractivity (Wildman–Crippen MR) is 110 cm³/mol.